The number of allylic oxidation sites excluding steroid dienone is 3. The molecule has 0 aromatic rings. The Hall–Kier alpha value is -1.09. The van der Waals surface area contributed by atoms with Crippen molar-refractivity contribution in [3.05, 3.63) is 23.8 Å². The van der Waals surface area contributed by atoms with E-state index < -0.39 is 0 Å². The van der Waals surface area contributed by atoms with E-state index in [0.717, 1.165) is 25.9 Å². The maximum atomic E-state index is 12.2. The van der Waals surface area contributed by atoms with Gasteiger partial charge >= 0.3 is 5.97 Å². The summed E-state index contributed by atoms with van der Waals surface area (Å²) in [6.07, 6.45) is 12.0. The molecule has 3 aliphatic heterocycles. The molecule has 0 radical (unpaired) electrons. The minimum Gasteiger partial charge on any atom is -0.465 e. The Balaban J connectivity index is 1.93. The molecule has 126 valence electrons. The van der Waals surface area contributed by atoms with Gasteiger partial charge in [-0.1, -0.05) is 37.6 Å². The van der Waals surface area contributed by atoms with Crippen LogP contribution in [0.25, 0.3) is 0 Å². The lowest BCUT2D eigenvalue weighted by atomic mass is 9.48. The van der Waals surface area contributed by atoms with Gasteiger partial charge in [-0.25, -0.2) is 0 Å². The highest BCUT2D eigenvalue weighted by Crippen LogP contribution is 2.62. The first kappa shape index (κ1) is 15.4. The van der Waals surface area contributed by atoms with Crippen LogP contribution in [-0.2, 0) is 14.3 Å². The molecular weight excluding hydrogens is 288 g/mol. The van der Waals surface area contributed by atoms with Gasteiger partial charge in [0.2, 0.25) is 0 Å². The highest BCUT2D eigenvalue weighted by molar-refractivity contribution is 5.72. The molecule has 2 fully saturated rings. The van der Waals surface area contributed by atoms with Crippen LogP contribution in [0.1, 0.15) is 52.9 Å². The Morgan fingerprint density at radius 2 is 2.09 bits per heavy atom. The second-order valence-corrected chi connectivity index (χ2v) is 8.79. The van der Waals surface area contributed by atoms with Crippen LogP contribution in [-0.4, -0.2) is 25.3 Å². The summed E-state index contributed by atoms with van der Waals surface area (Å²) in [6, 6.07) is 0. The lowest BCUT2D eigenvalue weighted by Gasteiger charge is -2.59. The van der Waals surface area contributed by atoms with Crippen molar-refractivity contribution in [2.75, 3.05) is 13.2 Å². The van der Waals surface area contributed by atoms with Crippen LogP contribution in [0.4, 0.5) is 0 Å². The van der Waals surface area contributed by atoms with Gasteiger partial charge in [0, 0.05) is 12.0 Å². The third-order valence-corrected chi connectivity index (χ3v) is 6.93. The fraction of sp³-hybridized carbons (Fsp3) is 0.750. The number of rotatable bonds is 0. The molecular formula is C20H28O3. The van der Waals surface area contributed by atoms with E-state index in [-0.39, 0.29) is 28.3 Å². The molecule has 23 heavy (non-hydrogen) atoms. The summed E-state index contributed by atoms with van der Waals surface area (Å²) < 4.78 is 12.1. The molecule has 3 nitrogen and oxygen atoms in total. The zero-order chi connectivity index (χ0) is 16.3. The largest absolute Gasteiger partial charge is 0.465 e. The second kappa shape index (κ2) is 4.95. The number of hydrogen-bond donors (Lipinski definition) is 0. The van der Waals surface area contributed by atoms with Gasteiger partial charge in [0.05, 0.1) is 17.9 Å². The average molecular weight is 316 g/mol. The van der Waals surface area contributed by atoms with Crippen molar-refractivity contribution >= 4 is 5.97 Å². The third kappa shape index (κ3) is 2.08. The Labute approximate surface area is 139 Å². The van der Waals surface area contributed by atoms with Gasteiger partial charge in [-0.15, -0.1) is 0 Å². The molecule has 5 rings (SSSR count). The van der Waals surface area contributed by atoms with Gasteiger partial charge in [0.1, 0.15) is 6.61 Å². The summed E-state index contributed by atoms with van der Waals surface area (Å²) in [5, 5.41) is 0. The average Bonchev–Trinajstić information content (AvgIpc) is 2.57. The first-order valence-electron chi connectivity index (χ1n) is 9.03. The third-order valence-electron chi connectivity index (χ3n) is 6.93. The Kier molecular flexibility index (Phi) is 3.32. The minimum absolute atomic E-state index is 0.0482. The summed E-state index contributed by atoms with van der Waals surface area (Å²) in [7, 11) is 0. The molecule has 3 heterocycles. The molecule has 2 bridgehead atoms. The lowest BCUT2D eigenvalue weighted by Crippen LogP contribution is -2.61. The number of carbonyl (C=O) groups excluding carboxylic acids is 1. The number of ether oxygens (including phenoxy) is 2. The van der Waals surface area contributed by atoms with Crippen molar-refractivity contribution in [1.29, 1.82) is 0 Å². The summed E-state index contributed by atoms with van der Waals surface area (Å²) >= 11 is 0. The van der Waals surface area contributed by atoms with Crippen LogP contribution >= 0.6 is 0 Å². The van der Waals surface area contributed by atoms with Crippen molar-refractivity contribution in [3.8, 4) is 0 Å². The normalized spacial score (nSPS) is 45.0. The van der Waals surface area contributed by atoms with Crippen LogP contribution in [0.3, 0.4) is 0 Å². The van der Waals surface area contributed by atoms with Gasteiger partial charge in [-0.3, -0.25) is 4.79 Å². The number of cyclic esters (lactones) is 1. The fourth-order valence-corrected chi connectivity index (χ4v) is 5.70. The van der Waals surface area contributed by atoms with Crippen LogP contribution in [0, 0.1) is 22.2 Å². The maximum absolute atomic E-state index is 12.2. The summed E-state index contributed by atoms with van der Waals surface area (Å²) in [4.78, 5) is 12.2. The molecule has 2 spiro atoms. The standard InChI is InChI=1S/C20H28O3/c1-14-11-19-9-5-15(14)6-10-22-17-18(2,3)7-4-8-20(17,19)13-23-16(21)12-19/h4,8,11,15,17H,5-7,9-10,12-13H2,1-3H3. The van der Waals surface area contributed by atoms with Crippen molar-refractivity contribution in [2.24, 2.45) is 22.2 Å². The topological polar surface area (TPSA) is 35.5 Å². The van der Waals surface area contributed by atoms with E-state index in [1.165, 1.54) is 12.0 Å². The van der Waals surface area contributed by atoms with Gasteiger partial charge < -0.3 is 9.47 Å². The highest BCUT2D eigenvalue weighted by atomic mass is 16.5. The molecule has 4 unspecified atom stereocenters. The molecule has 0 aromatic heterocycles. The zero-order valence-electron chi connectivity index (χ0n) is 14.6. The first-order chi connectivity index (χ1) is 10.9. The van der Waals surface area contributed by atoms with Gasteiger partial charge in [-0.05, 0) is 43.9 Å². The summed E-state index contributed by atoms with van der Waals surface area (Å²) in [5.74, 6) is 0.566. The van der Waals surface area contributed by atoms with Crippen LogP contribution in [0.2, 0.25) is 0 Å². The smallest absolute Gasteiger partial charge is 0.306 e. The number of fused-ring (bicyclic) bond motifs is 3. The molecule has 4 atom stereocenters. The van der Waals surface area contributed by atoms with Gasteiger partial charge in [0.15, 0.2) is 0 Å². The lowest BCUT2D eigenvalue weighted by molar-refractivity contribution is -0.194. The Bertz CT molecular complexity index is 588. The molecule has 0 aromatic carbocycles. The second-order valence-electron chi connectivity index (χ2n) is 8.79. The highest BCUT2D eigenvalue weighted by Gasteiger charge is 2.63. The molecule has 2 saturated heterocycles. The van der Waals surface area contributed by atoms with E-state index in [2.05, 4.69) is 39.0 Å². The van der Waals surface area contributed by atoms with E-state index in [0.29, 0.717) is 18.9 Å². The Morgan fingerprint density at radius 3 is 2.87 bits per heavy atom. The number of carbonyl (C=O) groups is 1. The predicted octanol–water partition coefficient (Wildman–Crippen LogP) is 4.04. The molecule has 0 amide bonds. The van der Waals surface area contributed by atoms with Crippen molar-refractivity contribution in [1.82, 2.24) is 0 Å². The van der Waals surface area contributed by atoms with Crippen molar-refractivity contribution in [2.45, 2.75) is 59.0 Å². The first-order valence-corrected chi connectivity index (χ1v) is 9.03. The molecule has 0 saturated carbocycles. The van der Waals surface area contributed by atoms with E-state index >= 15 is 0 Å². The monoisotopic (exact) mass is 316 g/mol. The SMILES string of the molecule is CC1=CC23CCC1CCOC1C(C)(C)CC=CC12COC(=O)C3. The van der Waals surface area contributed by atoms with E-state index in [9.17, 15) is 4.79 Å². The predicted molar refractivity (Wildman–Crippen MR) is 88.8 cm³/mol. The Morgan fingerprint density at radius 1 is 1.26 bits per heavy atom. The van der Waals surface area contributed by atoms with E-state index in [1.54, 1.807) is 0 Å². The zero-order valence-corrected chi connectivity index (χ0v) is 14.6. The van der Waals surface area contributed by atoms with Crippen molar-refractivity contribution < 1.29 is 14.3 Å². The molecule has 3 heteroatoms. The van der Waals surface area contributed by atoms with E-state index in [4.69, 9.17) is 9.47 Å². The van der Waals surface area contributed by atoms with Crippen LogP contribution in [0.15, 0.2) is 23.8 Å². The minimum atomic E-state index is -0.209. The summed E-state index contributed by atoms with van der Waals surface area (Å²) in [5.41, 5.74) is 1.17. The maximum Gasteiger partial charge on any atom is 0.306 e. The molecule has 5 aliphatic rings. The van der Waals surface area contributed by atoms with Crippen LogP contribution < -0.4 is 0 Å². The summed E-state index contributed by atoms with van der Waals surface area (Å²) in [6.45, 7) is 8.12. The molecule has 0 N–H and O–H groups in total. The number of esters is 1. The van der Waals surface area contributed by atoms with Gasteiger partial charge in [-0.2, -0.15) is 0 Å². The van der Waals surface area contributed by atoms with E-state index in [1.807, 2.05) is 0 Å². The van der Waals surface area contributed by atoms with Crippen molar-refractivity contribution in [3.63, 3.8) is 0 Å². The molecule has 2 aliphatic carbocycles. The van der Waals surface area contributed by atoms with Crippen LogP contribution in [0.5, 0.6) is 0 Å². The van der Waals surface area contributed by atoms with Gasteiger partial charge in [0.25, 0.3) is 0 Å². The fourth-order valence-electron chi connectivity index (χ4n) is 5.70. The number of hydrogen-bond acceptors (Lipinski definition) is 3. The quantitative estimate of drug-likeness (QED) is 0.500.